The van der Waals surface area contributed by atoms with E-state index in [0.29, 0.717) is 27.8 Å². The second-order valence-electron chi connectivity index (χ2n) is 8.20. The van der Waals surface area contributed by atoms with Crippen molar-refractivity contribution in [2.45, 2.75) is 13.3 Å². The zero-order valence-electron chi connectivity index (χ0n) is 19.2. The van der Waals surface area contributed by atoms with E-state index in [9.17, 15) is 24.5 Å². The average molecular weight is 509 g/mol. The van der Waals surface area contributed by atoms with Gasteiger partial charge in [-0.25, -0.2) is 0 Å². The number of carbonyl (C=O) groups is 3. The fraction of sp³-hybridized carbons (Fsp3) is 0.192. The number of nitro groups is 1. The number of hydrogen-bond donors (Lipinski definition) is 0. The van der Waals surface area contributed by atoms with Gasteiger partial charge in [0, 0.05) is 41.4 Å². The van der Waals surface area contributed by atoms with Crippen LogP contribution in [-0.4, -0.2) is 35.7 Å². The summed E-state index contributed by atoms with van der Waals surface area (Å²) in [5.74, 6) is -1.08. The Morgan fingerprint density at radius 3 is 2.33 bits per heavy atom. The molecular formula is C26H21ClN2O7. The zero-order valence-corrected chi connectivity index (χ0v) is 19.9. The van der Waals surface area contributed by atoms with Crippen LogP contribution in [-0.2, 0) is 14.3 Å². The lowest BCUT2D eigenvalue weighted by Gasteiger charge is -2.19. The highest BCUT2D eigenvalue weighted by atomic mass is 35.5. The number of halogens is 1. The molecule has 9 nitrogen and oxygen atoms in total. The standard InChI is InChI=1S/C26H21ClN2O7/c1-16-22(27)3-2-4-23(16)28-14-18(13-25(28)31)26(32)35-15-24(30)17-5-9-20(10-6-17)36-21-11-7-19(8-12-21)29(33)34/h2-12,18H,13-15H2,1H3/t18-/m1/s1. The number of ether oxygens (including phenoxy) is 2. The van der Waals surface area contributed by atoms with Crippen LogP contribution in [0.3, 0.4) is 0 Å². The Balaban J connectivity index is 1.30. The predicted molar refractivity (Wildman–Crippen MR) is 132 cm³/mol. The van der Waals surface area contributed by atoms with Crippen molar-refractivity contribution in [3.05, 3.63) is 93.0 Å². The van der Waals surface area contributed by atoms with Crippen molar-refractivity contribution in [1.82, 2.24) is 0 Å². The molecule has 36 heavy (non-hydrogen) atoms. The number of nitro benzene ring substituents is 1. The zero-order chi connectivity index (χ0) is 25.8. The third-order valence-electron chi connectivity index (χ3n) is 5.79. The van der Waals surface area contributed by atoms with E-state index in [4.69, 9.17) is 21.1 Å². The van der Waals surface area contributed by atoms with E-state index in [0.717, 1.165) is 5.56 Å². The Morgan fingerprint density at radius 2 is 1.69 bits per heavy atom. The molecular weight excluding hydrogens is 488 g/mol. The van der Waals surface area contributed by atoms with Gasteiger partial charge in [0.15, 0.2) is 12.4 Å². The molecule has 0 bridgehead atoms. The molecule has 4 rings (SSSR count). The van der Waals surface area contributed by atoms with E-state index < -0.39 is 29.2 Å². The van der Waals surface area contributed by atoms with Crippen LogP contribution in [0.5, 0.6) is 11.5 Å². The average Bonchev–Trinajstić information content (AvgIpc) is 3.26. The highest BCUT2D eigenvalue weighted by Crippen LogP contribution is 2.32. The van der Waals surface area contributed by atoms with Gasteiger partial charge in [0.2, 0.25) is 5.91 Å². The van der Waals surface area contributed by atoms with Gasteiger partial charge in [-0.3, -0.25) is 24.5 Å². The van der Waals surface area contributed by atoms with Gasteiger partial charge in [-0.05, 0) is 61.0 Å². The molecule has 3 aromatic rings. The van der Waals surface area contributed by atoms with Crippen LogP contribution in [0.4, 0.5) is 11.4 Å². The minimum Gasteiger partial charge on any atom is -0.457 e. The van der Waals surface area contributed by atoms with Gasteiger partial charge in [0.1, 0.15) is 11.5 Å². The van der Waals surface area contributed by atoms with E-state index in [2.05, 4.69) is 0 Å². The first-order valence-electron chi connectivity index (χ1n) is 11.0. The topological polar surface area (TPSA) is 116 Å². The summed E-state index contributed by atoms with van der Waals surface area (Å²) in [6.45, 7) is 1.50. The Kier molecular flexibility index (Phi) is 7.30. The Morgan fingerprint density at radius 1 is 1.06 bits per heavy atom. The summed E-state index contributed by atoms with van der Waals surface area (Å²) in [5, 5.41) is 11.3. The van der Waals surface area contributed by atoms with Gasteiger partial charge in [-0.2, -0.15) is 0 Å². The van der Waals surface area contributed by atoms with Gasteiger partial charge >= 0.3 is 5.97 Å². The van der Waals surface area contributed by atoms with E-state index in [1.54, 1.807) is 37.3 Å². The number of Topliss-reactive ketones (excluding diaryl/α,β-unsaturated/α-hetero) is 1. The van der Waals surface area contributed by atoms with Crippen LogP contribution in [0.1, 0.15) is 22.3 Å². The number of rotatable bonds is 8. The van der Waals surface area contributed by atoms with Crippen molar-refractivity contribution in [2.75, 3.05) is 18.1 Å². The fourth-order valence-electron chi connectivity index (χ4n) is 3.81. The Bertz CT molecular complexity index is 1320. The third-order valence-corrected chi connectivity index (χ3v) is 6.20. The molecule has 0 unspecified atom stereocenters. The lowest BCUT2D eigenvalue weighted by Crippen LogP contribution is -2.27. The molecule has 1 aliphatic rings. The van der Waals surface area contributed by atoms with Crippen molar-refractivity contribution in [3.8, 4) is 11.5 Å². The number of esters is 1. The highest BCUT2D eigenvalue weighted by molar-refractivity contribution is 6.31. The molecule has 10 heteroatoms. The minimum atomic E-state index is -0.679. The van der Waals surface area contributed by atoms with Crippen molar-refractivity contribution < 1.29 is 28.8 Å². The number of nitrogens with zero attached hydrogens (tertiary/aromatic N) is 2. The molecule has 0 radical (unpaired) electrons. The molecule has 0 spiro atoms. The van der Waals surface area contributed by atoms with Crippen LogP contribution in [0.15, 0.2) is 66.7 Å². The van der Waals surface area contributed by atoms with Crippen LogP contribution < -0.4 is 9.64 Å². The first-order valence-corrected chi connectivity index (χ1v) is 11.4. The Hall–Kier alpha value is -4.24. The van der Waals surface area contributed by atoms with Crippen molar-refractivity contribution in [2.24, 2.45) is 5.92 Å². The number of hydrogen-bond acceptors (Lipinski definition) is 7. The van der Waals surface area contributed by atoms with Gasteiger partial charge < -0.3 is 14.4 Å². The summed E-state index contributed by atoms with van der Waals surface area (Å²) in [5.41, 5.74) is 1.66. The van der Waals surface area contributed by atoms with Crippen LogP contribution in [0.25, 0.3) is 0 Å². The highest BCUT2D eigenvalue weighted by Gasteiger charge is 2.37. The number of amides is 1. The maximum absolute atomic E-state index is 12.5. The second kappa shape index (κ2) is 10.6. The minimum absolute atomic E-state index is 0.00629. The Labute approximate surface area is 211 Å². The number of ketones is 1. The van der Waals surface area contributed by atoms with E-state index >= 15 is 0 Å². The second-order valence-corrected chi connectivity index (χ2v) is 8.60. The van der Waals surface area contributed by atoms with Gasteiger partial charge in [0.05, 0.1) is 10.8 Å². The molecule has 3 aromatic carbocycles. The predicted octanol–water partition coefficient (Wildman–Crippen LogP) is 5.13. The number of carbonyl (C=O) groups excluding carboxylic acids is 3. The number of benzene rings is 3. The summed E-state index contributed by atoms with van der Waals surface area (Å²) in [7, 11) is 0. The smallest absolute Gasteiger partial charge is 0.311 e. The molecule has 0 saturated carbocycles. The van der Waals surface area contributed by atoms with Crippen molar-refractivity contribution in [1.29, 1.82) is 0 Å². The first-order chi connectivity index (χ1) is 17.2. The van der Waals surface area contributed by atoms with Crippen LogP contribution >= 0.6 is 11.6 Å². The molecule has 0 aromatic heterocycles. The number of anilines is 1. The third kappa shape index (κ3) is 5.52. The number of non-ortho nitro benzene ring substituents is 1. The lowest BCUT2D eigenvalue weighted by atomic mass is 10.1. The molecule has 1 aliphatic heterocycles. The lowest BCUT2D eigenvalue weighted by molar-refractivity contribution is -0.384. The summed E-state index contributed by atoms with van der Waals surface area (Å²) < 4.78 is 10.8. The maximum Gasteiger partial charge on any atom is 0.311 e. The fourth-order valence-corrected chi connectivity index (χ4v) is 3.98. The molecule has 0 N–H and O–H groups in total. The summed E-state index contributed by atoms with van der Waals surface area (Å²) in [6.07, 6.45) is -0.00629. The quantitative estimate of drug-likeness (QED) is 0.179. The van der Waals surface area contributed by atoms with E-state index in [1.807, 2.05) is 0 Å². The molecule has 1 saturated heterocycles. The summed E-state index contributed by atoms with van der Waals surface area (Å²) >= 11 is 6.15. The maximum atomic E-state index is 12.5. The van der Waals surface area contributed by atoms with Gasteiger partial charge in [-0.1, -0.05) is 17.7 Å². The largest absolute Gasteiger partial charge is 0.457 e. The molecule has 0 aliphatic carbocycles. The van der Waals surface area contributed by atoms with Gasteiger partial charge in [0.25, 0.3) is 5.69 Å². The normalized spacial score (nSPS) is 15.0. The van der Waals surface area contributed by atoms with Gasteiger partial charge in [-0.15, -0.1) is 0 Å². The monoisotopic (exact) mass is 508 g/mol. The molecule has 1 fully saturated rings. The van der Waals surface area contributed by atoms with Crippen molar-refractivity contribution >= 4 is 40.6 Å². The summed E-state index contributed by atoms with van der Waals surface area (Å²) in [6, 6.07) is 17.0. The molecule has 1 atom stereocenters. The SMILES string of the molecule is Cc1c(Cl)cccc1N1C[C@H](C(=O)OCC(=O)c2ccc(Oc3ccc([N+](=O)[O-])cc3)cc2)CC1=O. The molecule has 1 heterocycles. The van der Waals surface area contributed by atoms with Crippen LogP contribution in [0, 0.1) is 23.0 Å². The summed E-state index contributed by atoms with van der Waals surface area (Å²) in [4.78, 5) is 49.3. The molecule has 1 amide bonds. The van der Waals surface area contributed by atoms with E-state index in [1.165, 1.54) is 41.3 Å². The van der Waals surface area contributed by atoms with Crippen LogP contribution in [0.2, 0.25) is 5.02 Å². The first kappa shape index (κ1) is 24.9. The van der Waals surface area contributed by atoms with E-state index in [-0.39, 0.29) is 24.6 Å². The van der Waals surface area contributed by atoms with Crippen molar-refractivity contribution in [3.63, 3.8) is 0 Å². The molecule has 184 valence electrons.